The highest BCUT2D eigenvalue weighted by Gasteiger charge is 2.05. The Morgan fingerprint density at radius 3 is 3.06 bits per heavy atom. The number of para-hydroxylation sites is 1. The minimum absolute atomic E-state index is 0.113. The molecular weight excluding hydrogens is 202 g/mol. The summed E-state index contributed by atoms with van der Waals surface area (Å²) in [5, 5.41) is 2.96. The number of benzene rings is 1. The number of H-pyrrole nitrogens is 1. The highest BCUT2D eigenvalue weighted by Crippen LogP contribution is 2.13. The van der Waals surface area contributed by atoms with Gasteiger partial charge >= 0.3 is 5.69 Å². The SMILES string of the molecule is CNCC#Cc1cccc2[nH]c(=O)n(C)c12. The van der Waals surface area contributed by atoms with Gasteiger partial charge in [0.25, 0.3) is 0 Å². The van der Waals surface area contributed by atoms with E-state index in [9.17, 15) is 4.79 Å². The summed E-state index contributed by atoms with van der Waals surface area (Å²) in [4.78, 5) is 14.2. The fourth-order valence-corrected chi connectivity index (χ4v) is 1.64. The van der Waals surface area contributed by atoms with Crippen molar-refractivity contribution >= 4 is 11.0 Å². The Labute approximate surface area is 93.3 Å². The van der Waals surface area contributed by atoms with Gasteiger partial charge in [-0.2, -0.15) is 0 Å². The number of nitrogens with one attached hydrogen (secondary N) is 2. The summed E-state index contributed by atoms with van der Waals surface area (Å²) in [6, 6.07) is 5.68. The second-order valence-electron chi connectivity index (χ2n) is 3.52. The van der Waals surface area contributed by atoms with Gasteiger partial charge in [0.2, 0.25) is 0 Å². The molecular formula is C12H13N3O. The number of hydrogen-bond acceptors (Lipinski definition) is 2. The van der Waals surface area contributed by atoms with Gasteiger partial charge in [0.15, 0.2) is 0 Å². The number of hydrogen-bond donors (Lipinski definition) is 2. The Balaban J connectivity index is 2.62. The summed E-state index contributed by atoms with van der Waals surface area (Å²) in [6.45, 7) is 0.634. The quantitative estimate of drug-likeness (QED) is 0.678. The second kappa shape index (κ2) is 4.25. The van der Waals surface area contributed by atoms with E-state index in [1.807, 2.05) is 25.2 Å². The molecule has 0 bridgehead atoms. The van der Waals surface area contributed by atoms with E-state index in [1.54, 1.807) is 11.6 Å². The Hall–Kier alpha value is -1.99. The van der Waals surface area contributed by atoms with Crippen LogP contribution in [-0.2, 0) is 7.05 Å². The summed E-state index contributed by atoms with van der Waals surface area (Å²) >= 11 is 0. The zero-order valence-electron chi connectivity index (χ0n) is 9.29. The predicted molar refractivity (Wildman–Crippen MR) is 64.3 cm³/mol. The second-order valence-corrected chi connectivity index (χ2v) is 3.52. The molecule has 2 aromatic rings. The topological polar surface area (TPSA) is 49.8 Å². The van der Waals surface area contributed by atoms with Crippen LogP contribution in [0, 0.1) is 11.8 Å². The molecule has 0 unspecified atom stereocenters. The van der Waals surface area contributed by atoms with Gasteiger partial charge in [-0.25, -0.2) is 4.79 Å². The van der Waals surface area contributed by atoms with Crippen LogP contribution < -0.4 is 11.0 Å². The molecule has 16 heavy (non-hydrogen) atoms. The van der Waals surface area contributed by atoms with E-state index in [0.717, 1.165) is 16.6 Å². The summed E-state index contributed by atoms with van der Waals surface area (Å²) in [6.07, 6.45) is 0. The van der Waals surface area contributed by atoms with Crippen molar-refractivity contribution in [3.8, 4) is 11.8 Å². The van der Waals surface area contributed by atoms with Crippen LogP contribution in [0.25, 0.3) is 11.0 Å². The molecule has 0 fully saturated rings. The number of aryl methyl sites for hydroxylation is 1. The molecule has 82 valence electrons. The first-order chi connectivity index (χ1) is 7.74. The van der Waals surface area contributed by atoms with Gasteiger partial charge in [-0.05, 0) is 19.2 Å². The summed E-state index contributed by atoms with van der Waals surface area (Å²) in [5.41, 5.74) is 2.44. The number of aromatic amines is 1. The van der Waals surface area contributed by atoms with Crippen LogP contribution >= 0.6 is 0 Å². The van der Waals surface area contributed by atoms with Crippen LogP contribution in [0.2, 0.25) is 0 Å². The van der Waals surface area contributed by atoms with Crippen LogP contribution in [0.5, 0.6) is 0 Å². The maximum absolute atomic E-state index is 11.5. The van der Waals surface area contributed by atoms with Gasteiger partial charge in [-0.15, -0.1) is 0 Å². The highest BCUT2D eigenvalue weighted by molar-refractivity contribution is 5.82. The van der Waals surface area contributed by atoms with Crippen LogP contribution in [0.4, 0.5) is 0 Å². The molecule has 1 aromatic carbocycles. The third kappa shape index (κ3) is 1.73. The maximum Gasteiger partial charge on any atom is 0.326 e. The van der Waals surface area contributed by atoms with Crippen molar-refractivity contribution in [2.75, 3.05) is 13.6 Å². The van der Waals surface area contributed by atoms with Crippen LogP contribution in [0.3, 0.4) is 0 Å². The van der Waals surface area contributed by atoms with E-state index in [4.69, 9.17) is 0 Å². The number of nitrogens with zero attached hydrogens (tertiary/aromatic N) is 1. The summed E-state index contributed by atoms with van der Waals surface area (Å²) in [7, 11) is 3.59. The van der Waals surface area contributed by atoms with Crippen molar-refractivity contribution in [2.45, 2.75) is 0 Å². The smallest absolute Gasteiger partial charge is 0.309 e. The lowest BCUT2D eigenvalue weighted by Gasteiger charge is -1.97. The van der Waals surface area contributed by atoms with Crippen LogP contribution in [-0.4, -0.2) is 23.1 Å². The average Bonchev–Trinajstić information content (AvgIpc) is 2.56. The predicted octanol–water partition coefficient (Wildman–Crippen LogP) is 0.437. The van der Waals surface area contributed by atoms with Crippen molar-refractivity contribution < 1.29 is 0 Å². The first-order valence-electron chi connectivity index (χ1n) is 5.05. The molecule has 4 nitrogen and oxygen atoms in total. The minimum atomic E-state index is -0.113. The van der Waals surface area contributed by atoms with E-state index in [2.05, 4.69) is 22.1 Å². The lowest BCUT2D eigenvalue weighted by atomic mass is 10.2. The molecule has 0 aliphatic carbocycles. The lowest BCUT2D eigenvalue weighted by Crippen LogP contribution is -2.12. The zero-order valence-corrected chi connectivity index (χ0v) is 9.29. The van der Waals surface area contributed by atoms with E-state index in [-0.39, 0.29) is 5.69 Å². The summed E-state index contributed by atoms with van der Waals surface area (Å²) < 4.78 is 1.58. The Morgan fingerprint density at radius 1 is 1.50 bits per heavy atom. The molecule has 0 atom stereocenters. The van der Waals surface area contributed by atoms with Crippen molar-refractivity contribution in [1.29, 1.82) is 0 Å². The van der Waals surface area contributed by atoms with E-state index < -0.39 is 0 Å². The average molecular weight is 215 g/mol. The lowest BCUT2D eigenvalue weighted by molar-refractivity contribution is 0.890. The number of rotatable bonds is 1. The molecule has 0 saturated carbocycles. The van der Waals surface area contributed by atoms with E-state index >= 15 is 0 Å². The molecule has 1 aromatic heterocycles. The monoisotopic (exact) mass is 215 g/mol. The van der Waals surface area contributed by atoms with Crippen molar-refractivity contribution in [2.24, 2.45) is 7.05 Å². The normalized spacial score (nSPS) is 10.1. The number of fused-ring (bicyclic) bond motifs is 1. The molecule has 0 spiro atoms. The minimum Gasteiger partial charge on any atom is -0.309 e. The standard InChI is InChI=1S/C12H13N3O/c1-13-8-4-6-9-5-3-7-10-11(9)15(2)12(16)14-10/h3,5,7,13H,8H2,1-2H3,(H,14,16). The van der Waals surface area contributed by atoms with Crippen LogP contribution in [0.1, 0.15) is 5.56 Å². The molecule has 0 saturated heterocycles. The Morgan fingerprint density at radius 2 is 2.31 bits per heavy atom. The molecule has 2 rings (SSSR count). The molecule has 0 aliphatic rings. The molecule has 1 heterocycles. The van der Waals surface area contributed by atoms with E-state index in [0.29, 0.717) is 6.54 Å². The van der Waals surface area contributed by atoms with Gasteiger partial charge in [0, 0.05) is 7.05 Å². The van der Waals surface area contributed by atoms with Gasteiger partial charge < -0.3 is 10.3 Å². The molecule has 4 heteroatoms. The van der Waals surface area contributed by atoms with Crippen molar-refractivity contribution in [3.05, 3.63) is 34.2 Å². The fraction of sp³-hybridized carbons (Fsp3) is 0.250. The van der Waals surface area contributed by atoms with Crippen molar-refractivity contribution in [1.82, 2.24) is 14.9 Å². The Bertz CT molecular complexity index is 625. The molecule has 2 N–H and O–H groups in total. The largest absolute Gasteiger partial charge is 0.326 e. The maximum atomic E-state index is 11.5. The highest BCUT2D eigenvalue weighted by atomic mass is 16.1. The zero-order chi connectivity index (χ0) is 11.5. The fourth-order valence-electron chi connectivity index (χ4n) is 1.64. The third-order valence-electron chi connectivity index (χ3n) is 2.41. The molecule has 0 aliphatic heterocycles. The Kier molecular flexibility index (Phi) is 2.80. The van der Waals surface area contributed by atoms with Gasteiger partial charge in [-0.1, -0.05) is 17.9 Å². The van der Waals surface area contributed by atoms with Gasteiger partial charge in [0.05, 0.1) is 23.1 Å². The first-order valence-corrected chi connectivity index (χ1v) is 5.05. The van der Waals surface area contributed by atoms with Gasteiger partial charge in [0.1, 0.15) is 0 Å². The molecule has 0 radical (unpaired) electrons. The molecule has 0 amide bonds. The van der Waals surface area contributed by atoms with Crippen LogP contribution in [0.15, 0.2) is 23.0 Å². The third-order valence-corrected chi connectivity index (χ3v) is 2.41. The summed E-state index contributed by atoms with van der Waals surface area (Å²) in [5.74, 6) is 6.04. The van der Waals surface area contributed by atoms with Crippen molar-refractivity contribution in [3.63, 3.8) is 0 Å². The van der Waals surface area contributed by atoms with Gasteiger partial charge in [-0.3, -0.25) is 4.57 Å². The first kappa shape index (κ1) is 10.5. The van der Waals surface area contributed by atoms with E-state index in [1.165, 1.54) is 0 Å². The number of imidazole rings is 1. The number of aromatic nitrogens is 2.